The van der Waals surface area contributed by atoms with E-state index in [9.17, 15) is 0 Å². The van der Waals surface area contributed by atoms with Crippen LogP contribution in [0.3, 0.4) is 0 Å². The number of benzene rings is 1. The standard InChI is InChI=1S/C16H18N2OS/c1-11(2)16(15-5-4-8-20-15)18-13-7-6-12(10-17)9-14(13)19-3/h4-9,11,16,18H,1-3H3. The van der Waals surface area contributed by atoms with E-state index in [1.165, 1.54) is 4.88 Å². The first-order valence-electron chi connectivity index (χ1n) is 6.53. The molecule has 1 unspecified atom stereocenters. The number of nitrogens with zero attached hydrogens (tertiary/aromatic N) is 1. The average Bonchev–Trinajstić information content (AvgIpc) is 2.98. The molecule has 0 amide bonds. The fourth-order valence-electron chi connectivity index (χ4n) is 2.08. The molecule has 2 rings (SSSR count). The molecule has 0 radical (unpaired) electrons. The van der Waals surface area contributed by atoms with Crippen molar-refractivity contribution in [2.75, 3.05) is 12.4 Å². The van der Waals surface area contributed by atoms with Gasteiger partial charge in [0.05, 0.1) is 30.5 Å². The quantitative estimate of drug-likeness (QED) is 0.884. The predicted molar refractivity (Wildman–Crippen MR) is 83.2 cm³/mol. The Hall–Kier alpha value is -1.99. The molecule has 0 bridgehead atoms. The van der Waals surface area contributed by atoms with Crippen LogP contribution in [0.1, 0.15) is 30.3 Å². The van der Waals surface area contributed by atoms with Crippen LogP contribution >= 0.6 is 11.3 Å². The summed E-state index contributed by atoms with van der Waals surface area (Å²) in [6.07, 6.45) is 0. The molecular formula is C16H18N2OS. The Kier molecular flexibility index (Phi) is 4.65. The lowest BCUT2D eigenvalue weighted by Gasteiger charge is -2.23. The molecule has 0 fully saturated rings. The Balaban J connectivity index is 2.30. The Labute approximate surface area is 123 Å². The van der Waals surface area contributed by atoms with E-state index in [0.717, 1.165) is 5.69 Å². The van der Waals surface area contributed by atoms with E-state index >= 15 is 0 Å². The topological polar surface area (TPSA) is 45.0 Å². The molecule has 1 atom stereocenters. The third-order valence-corrected chi connectivity index (χ3v) is 4.11. The van der Waals surface area contributed by atoms with Crippen molar-refractivity contribution in [2.45, 2.75) is 19.9 Å². The van der Waals surface area contributed by atoms with Crippen LogP contribution in [0.2, 0.25) is 0 Å². The van der Waals surface area contributed by atoms with Gasteiger partial charge in [0, 0.05) is 10.9 Å². The summed E-state index contributed by atoms with van der Waals surface area (Å²) in [5.74, 6) is 1.15. The van der Waals surface area contributed by atoms with Gasteiger partial charge in [-0.1, -0.05) is 19.9 Å². The predicted octanol–water partition coefficient (Wildman–Crippen LogP) is 4.44. The second kappa shape index (κ2) is 6.44. The highest BCUT2D eigenvalue weighted by Crippen LogP contribution is 2.34. The molecule has 0 aliphatic carbocycles. The van der Waals surface area contributed by atoms with Crippen molar-refractivity contribution in [1.82, 2.24) is 0 Å². The maximum absolute atomic E-state index is 8.94. The zero-order valence-electron chi connectivity index (χ0n) is 11.9. The minimum atomic E-state index is 0.233. The Bertz CT molecular complexity index is 599. The number of nitrogens with one attached hydrogen (secondary N) is 1. The van der Waals surface area contributed by atoms with Crippen LogP contribution in [0.25, 0.3) is 0 Å². The van der Waals surface area contributed by atoms with E-state index in [0.29, 0.717) is 17.2 Å². The molecule has 1 heterocycles. The summed E-state index contributed by atoms with van der Waals surface area (Å²) in [7, 11) is 1.62. The molecule has 0 saturated heterocycles. The van der Waals surface area contributed by atoms with E-state index in [1.807, 2.05) is 6.07 Å². The highest BCUT2D eigenvalue weighted by molar-refractivity contribution is 7.10. The fraction of sp³-hybridized carbons (Fsp3) is 0.312. The van der Waals surface area contributed by atoms with Crippen molar-refractivity contribution in [2.24, 2.45) is 5.92 Å². The van der Waals surface area contributed by atoms with E-state index in [1.54, 1.807) is 30.6 Å². The fourth-order valence-corrected chi connectivity index (χ4v) is 3.03. The highest BCUT2D eigenvalue weighted by Gasteiger charge is 2.18. The van der Waals surface area contributed by atoms with Gasteiger partial charge in [0.2, 0.25) is 0 Å². The average molecular weight is 286 g/mol. The summed E-state index contributed by atoms with van der Waals surface area (Å²) in [5, 5.41) is 14.6. The summed E-state index contributed by atoms with van der Waals surface area (Å²) in [6.45, 7) is 4.38. The molecule has 20 heavy (non-hydrogen) atoms. The van der Waals surface area contributed by atoms with Crippen molar-refractivity contribution in [1.29, 1.82) is 5.26 Å². The molecule has 2 aromatic rings. The van der Waals surface area contributed by atoms with Crippen molar-refractivity contribution < 1.29 is 4.74 Å². The monoisotopic (exact) mass is 286 g/mol. The molecule has 3 nitrogen and oxygen atoms in total. The third-order valence-electron chi connectivity index (χ3n) is 3.16. The molecule has 1 aromatic heterocycles. The van der Waals surface area contributed by atoms with E-state index in [2.05, 4.69) is 42.7 Å². The van der Waals surface area contributed by atoms with Crippen molar-refractivity contribution in [3.63, 3.8) is 0 Å². The second-order valence-electron chi connectivity index (χ2n) is 4.91. The van der Waals surface area contributed by atoms with Gasteiger partial charge >= 0.3 is 0 Å². The van der Waals surface area contributed by atoms with Gasteiger partial charge in [0.1, 0.15) is 5.75 Å². The third kappa shape index (κ3) is 3.12. The first-order chi connectivity index (χ1) is 9.65. The molecule has 0 aliphatic rings. The Morgan fingerprint density at radius 2 is 2.10 bits per heavy atom. The van der Waals surface area contributed by atoms with Crippen LogP contribution in [0, 0.1) is 17.2 Å². The van der Waals surface area contributed by atoms with Crippen LogP contribution in [-0.4, -0.2) is 7.11 Å². The van der Waals surface area contributed by atoms with Gasteiger partial charge in [0.25, 0.3) is 0 Å². The number of methoxy groups -OCH3 is 1. The Morgan fingerprint density at radius 1 is 1.30 bits per heavy atom. The van der Waals surface area contributed by atoms with Crippen molar-refractivity contribution in [3.8, 4) is 11.8 Å². The second-order valence-corrected chi connectivity index (χ2v) is 5.89. The van der Waals surface area contributed by atoms with Gasteiger partial charge < -0.3 is 10.1 Å². The van der Waals surface area contributed by atoms with Crippen LogP contribution in [0.5, 0.6) is 5.75 Å². The smallest absolute Gasteiger partial charge is 0.143 e. The summed E-state index contributed by atoms with van der Waals surface area (Å²) < 4.78 is 5.38. The molecule has 104 valence electrons. The van der Waals surface area contributed by atoms with Gasteiger partial charge in [-0.2, -0.15) is 5.26 Å². The lowest BCUT2D eigenvalue weighted by molar-refractivity contribution is 0.415. The largest absolute Gasteiger partial charge is 0.495 e. The van der Waals surface area contributed by atoms with Gasteiger partial charge in [-0.05, 0) is 29.5 Å². The maximum atomic E-state index is 8.94. The number of rotatable bonds is 5. The SMILES string of the molecule is COc1cc(C#N)ccc1NC(c1cccs1)C(C)C. The number of thiophene rings is 1. The Morgan fingerprint density at radius 3 is 2.65 bits per heavy atom. The van der Waals surface area contributed by atoms with Crippen LogP contribution in [-0.2, 0) is 0 Å². The zero-order chi connectivity index (χ0) is 14.5. The van der Waals surface area contributed by atoms with Crippen molar-refractivity contribution >= 4 is 17.0 Å². The minimum absolute atomic E-state index is 0.233. The summed E-state index contributed by atoms with van der Waals surface area (Å²) in [5.41, 5.74) is 1.52. The van der Waals surface area contributed by atoms with Gasteiger partial charge in [-0.15, -0.1) is 11.3 Å². The van der Waals surface area contributed by atoms with Gasteiger partial charge in [0.15, 0.2) is 0 Å². The minimum Gasteiger partial charge on any atom is -0.495 e. The van der Waals surface area contributed by atoms with E-state index in [-0.39, 0.29) is 6.04 Å². The summed E-state index contributed by atoms with van der Waals surface area (Å²) in [4.78, 5) is 1.30. The zero-order valence-corrected chi connectivity index (χ0v) is 12.7. The molecule has 0 aliphatic heterocycles. The lowest BCUT2D eigenvalue weighted by atomic mass is 10.0. The van der Waals surface area contributed by atoms with E-state index < -0.39 is 0 Å². The molecule has 1 aromatic carbocycles. The first kappa shape index (κ1) is 14.4. The molecule has 4 heteroatoms. The van der Waals surface area contributed by atoms with E-state index in [4.69, 9.17) is 10.00 Å². The summed E-state index contributed by atoms with van der Waals surface area (Å²) in [6, 6.07) is 12.0. The van der Waals surface area contributed by atoms with Crippen molar-refractivity contribution in [3.05, 3.63) is 46.2 Å². The lowest BCUT2D eigenvalue weighted by Crippen LogP contribution is -2.16. The number of ether oxygens (including phenoxy) is 1. The van der Waals surface area contributed by atoms with Crippen LogP contribution in [0.15, 0.2) is 35.7 Å². The number of nitriles is 1. The number of hydrogen-bond donors (Lipinski definition) is 1. The molecule has 0 spiro atoms. The number of anilines is 1. The molecule has 0 saturated carbocycles. The van der Waals surface area contributed by atoms with Crippen LogP contribution < -0.4 is 10.1 Å². The first-order valence-corrected chi connectivity index (χ1v) is 7.41. The number of hydrogen-bond acceptors (Lipinski definition) is 4. The van der Waals surface area contributed by atoms with Crippen LogP contribution in [0.4, 0.5) is 5.69 Å². The maximum Gasteiger partial charge on any atom is 0.143 e. The summed E-state index contributed by atoms with van der Waals surface area (Å²) >= 11 is 1.74. The highest BCUT2D eigenvalue weighted by atomic mass is 32.1. The van der Waals surface area contributed by atoms with Gasteiger partial charge in [-0.25, -0.2) is 0 Å². The molecule has 1 N–H and O–H groups in total. The van der Waals surface area contributed by atoms with Gasteiger partial charge in [-0.3, -0.25) is 0 Å². The normalized spacial score (nSPS) is 11.9. The molecular weight excluding hydrogens is 268 g/mol.